The van der Waals surface area contributed by atoms with Gasteiger partial charge in [-0.05, 0) is 30.5 Å². The molecule has 0 aromatic heterocycles. The number of aryl methyl sites for hydroxylation is 1. The van der Waals surface area contributed by atoms with E-state index in [9.17, 15) is 9.90 Å². The third-order valence-corrected chi connectivity index (χ3v) is 2.75. The highest BCUT2D eigenvalue weighted by molar-refractivity contribution is 9.09. The lowest BCUT2D eigenvalue weighted by molar-refractivity contribution is -0.119. The molecule has 0 aliphatic rings. The fourth-order valence-electron chi connectivity index (χ4n) is 1.38. The number of ketones is 1. The Hall–Kier alpha value is -0.830. The number of benzene rings is 1. The lowest BCUT2D eigenvalue weighted by atomic mass is 10.1. The summed E-state index contributed by atoms with van der Waals surface area (Å²) in [6, 6.07) is 7.07. The number of carbonyl (C=O) groups excluding carboxylic acids is 1. The average molecular weight is 271 g/mol. The summed E-state index contributed by atoms with van der Waals surface area (Å²) in [6.45, 7) is 0. The van der Waals surface area contributed by atoms with Gasteiger partial charge < -0.3 is 5.11 Å². The molecule has 3 heteroatoms. The molecule has 0 amide bonds. The van der Waals surface area contributed by atoms with E-state index in [1.807, 2.05) is 6.07 Å². The maximum absolute atomic E-state index is 11.4. The molecular formula is C12H15BrO2. The SMILES string of the molecule is O=C(CCCBr)CCc1cccc(O)c1. The second kappa shape index (κ2) is 6.62. The number of carbonyl (C=O) groups is 1. The second-order valence-corrected chi connectivity index (χ2v) is 4.29. The minimum absolute atomic E-state index is 0.264. The van der Waals surface area contributed by atoms with Gasteiger partial charge >= 0.3 is 0 Å². The van der Waals surface area contributed by atoms with Gasteiger partial charge in [-0.25, -0.2) is 0 Å². The van der Waals surface area contributed by atoms with Crippen LogP contribution in [0.15, 0.2) is 24.3 Å². The monoisotopic (exact) mass is 270 g/mol. The van der Waals surface area contributed by atoms with Crippen LogP contribution in [0.4, 0.5) is 0 Å². The van der Waals surface area contributed by atoms with Gasteiger partial charge in [-0.3, -0.25) is 4.79 Å². The predicted octanol–water partition coefficient (Wildman–Crippen LogP) is 3.07. The molecule has 0 radical (unpaired) electrons. The van der Waals surface area contributed by atoms with Crippen molar-refractivity contribution in [3.8, 4) is 5.75 Å². The Morgan fingerprint density at radius 1 is 1.33 bits per heavy atom. The van der Waals surface area contributed by atoms with Gasteiger partial charge in [-0.2, -0.15) is 0 Å². The molecule has 0 aliphatic carbocycles. The maximum Gasteiger partial charge on any atom is 0.133 e. The quantitative estimate of drug-likeness (QED) is 0.807. The molecule has 0 fully saturated rings. The minimum Gasteiger partial charge on any atom is -0.508 e. The Labute approximate surface area is 98.4 Å². The topological polar surface area (TPSA) is 37.3 Å². The summed E-state index contributed by atoms with van der Waals surface area (Å²) in [6.07, 6.45) is 2.83. The lowest BCUT2D eigenvalue weighted by Gasteiger charge is -2.01. The van der Waals surface area contributed by atoms with E-state index in [1.165, 1.54) is 0 Å². The highest BCUT2D eigenvalue weighted by atomic mass is 79.9. The van der Waals surface area contributed by atoms with Crippen LogP contribution in [-0.2, 0) is 11.2 Å². The zero-order valence-electron chi connectivity index (χ0n) is 8.58. The van der Waals surface area contributed by atoms with Gasteiger partial charge in [0, 0.05) is 18.2 Å². The number of halogens is 1. The van der Waals surface area contributed by atoms with Crippen molar-refractivity contribution in [2.75, 3.05) is 5.33 Å². The molecule has 0 aliphatic heterocycles. The number of hydrogen-bond donors (Lipinski definition) is 1. The van der Waals surface area contributed by atoms with Gasteiger partial charge in [0.1, 0.15) is 11.5 Å². The van der Waals surface area contributed by atoms with Gasteiger partial charge in [-0.1, -0.05) is 28.1 Å². The first-order valence-corrected chi connectivity index (χ1v) is 6.20. The van der Waals surface area contributed by atoms with Crippen molar-refractivity contribution in [1.82, 2.24) is 0 Å². The molecule has 1 aromatic rings. The van der Waals surface area contributed by atoms with Crippen molar-refractivity contribution < 1.29 is 9.90 Å². The molecule has 0 saturated heterocycles. The van der Waals surface area contributed by atoms with Crippen molar-refractivity contribution in [3.63, 3.8) is 0 Å². The van der Waals surface area contributed by atoms with E-state index in [1.54, 1.807) is 18.2 Å². The molecular weight excluding hydrogens is 256 g/mol. The molecule has 82 valence electrons. The van der Waals surface area contributed by atoms with Crippen LogP contribution in [0.3, 0.4) is 0 Å². The molecule has 1 N–H and O–H groups in total. The molecule has 15 heavy (non-hydrogen) atoms. The smallest absolute Gasteiger partial charge is 0.133 e. The Balaban J connectivity index is 2.33. The molecule has 1 aromatic carbocycles. The van der Waals surface area contributed by atoms with E-state index in [2.05, 4.69) is 15.9 Å². The average Bonchev–Trinajstić information content (AvgIpc) is 2.23. The number of hydrogen-bond acceptors (Lipinski definition) is 2. The van der Waals surface area contributed by atoms with Gasteiger partial charge in [0.2, 0.25) is 0 Å². The molecule has 0 heterocycles. The number of alkyl halides is 1. The molecule has 0 spiro atoms. The van der Waals surface area contributed by atoms with Crippen LogP contribution in [0, 0.1) is 0 Å². The Bertz CT molecular complexity index is 323. The largest absolute Gasteiger partial charge is 0.508 e. The second-order valence-electron chi connectivity index (χ2n) is 3.50. The first-order chi connectivity index (χ1) is 7.22. The number of Topliss-reactive ketones (excluding diaryl/α,β-unsaturated/α-hetero) is 1. The number of aromatic hydroxyl groups is 1. The summed E-state index contributed by atoms with van der Waals surface area (Å²) in [5.74, 6) is 0.554. The number of phenolic OH excluding ortho intramolecular Hbond substituents is 1. The number of phenols is 1. The first-order valence-electron chi connectivity index (χ1n) is 5.08. The third-order valence-electron chi connectivity index (χ3n) is 2.19. The molecule has 2 nitrogen and oxygen atoms in total. The van der Waals surface area contributed by atoms with Crippen molar-refractivity contribution in [1.29, 1.82) is 0 Å². The Morgan fingerprint density at radius 2 is 2.13 bits per heavy atom. The van der Waals surface area contributed by atoms with Crippen molar-refractivity contribution in [2.45, 2.75) is 25.7 Å². The highest BCUT2D eigenvalue weighted by Gasteiger charge is 2.02. The van der Waals surface area contributed by atoms with Crippen molar-refractivity contribution in [3.05, 3.63) is 29.8 Å². The summed E-state index contributed by atoms with van der Waals surface area (Å²) in [7, 11) is 0. The van der Waals surface area contributed by atoms with Crippen LogP contribution in [0.1, 0.15) is 24.8 Å². The summed E-state index contributed by atoms with van der Waals surface area (Å²) < 4.78 is 0. The van der Waals surface area contributed by atoms with E-state index >= 15 is 0 Å². The number of rotatable bonds is 6. The highest BCUT2D eigenvalue weighted by Crippen LogP contribution is 2.13. The fourth-order valence-corrected chi connectivity index (χ4v) is 1.67. The summed E-state index contributed by atoms with van der Waals surface area (Å²) in [4.78, 5) is 11.4. The molecule has 0 atom stereocenters. The minimum atomic E-state index is 0.264. The van der Waals surface area contributed by atoms with Crippen LogP contribution in [-0.4, -0.2) is 16.2 Å². The van der Waals surface area contributed by atoms with Gasteiger partial charge in [0.05, 0.1) is 0 Å². The fraction of sp³-hybridized carbons (Fsp3) is 0.417. The van der Waals surface area contributed by atoms with E-state index in [0.29, 0.717) is 12.8 Å². The van der Waals surface area contributed by atoms with E-state index in [-0.39, 0.29) is 11.5 Å². The van der Waals surface area contributed by atoms with Crippen molar-refractivity contribution in [2.24, 2.45) is 0 Å². The van der Waals surface area contributed by atoms with Gasteiger partial charge in [0.25, 0.3) is 0 Å². The predicted molar refractivity (Wildman–Crippen MR) is 64.5 cm³/mol. The van der Waals surface area contributed by atoms with Crippen LogP contribution in [0.25, 0.3) is 0 Å². The van der Waals surface area contributed by atoms with Gasteiger partial charge in [0.15, 0.2) is 0 Å². The zero-order valence-corrected chi connectivity index (χ0v) is 10.2. The Morgan fingerprint density at radius 3 is 2.80 bits per heavy atom. The van der Waals surface area contributed by atoms with Gasteiger partial charge in [-0.15, -0.1) is 0 Å². The van der Waals surface area contributed by atoms with E-state index in [4.69, 9.17) is 0 Å². The van der Waals surface area contributed by atoms with E-state index in [0.717, 1.165) is 23.7 Å². The normalized spacial score (nSPS) is 10.2. The van der Waals surface area contributed by atoms with Crippen molar-refractivity contribution >= 4 is 21.7 Å². The molecule has 0 bridgehead atoms. The molecule has 0 saturated carbocycles. The first kappa shape index (κ1) is 12.2. The van der Waals surface area contributed by atoms with Crippen LogP contribution in [0.5, 0.6) is 5.75 Å². The Kier molecular flexibility index (Phi) is 5.40. The van der Waals surface area contributed by atoms with Crippen LogP contribution >= 0.6 is 15.9 Å². The zero-order chi connectivity index (χ0) is 11.1. The molecule has 0 unspecified atom stereocenters. The maximum atomic E-state index is 11.4. The van der Waals surface area contributed by atoms with Crippen LogP contribution < -0.4 is 0 Å². The summed E-state index contributed by atoms with van der Waals surface area (Å²) in [5, 5.41) is 10.1. The lowest BCUT2D eigenvalue weighted by Crippen LogP contribution is -2.00. The van der Waals surface area contributed by atoms with Crippen LogP contribution in [0.2, 0.25) is 0 Å². The summed E-state index contributed by atoms with van der Waals surface area (Å²) >= 11 is 3.30. The molecule has 1 rings (SSSR count). The summed E-state index contributed by atoms with van der Waals surface area (Å²) in [5.41, 5.74) is 1.02. The van der Waals surface area contributed by atoms with E-state index < -0.39 is 0 Å². The standard InChI is InChI=1S/C12H15BrO2/c13-8-2-5-11(14)7-6-10-3-1-4-12(15)9-10/h1,3-4,9,15H,2,5-8H2. The third kappa shape index (κ3) is 4.98.